The number of alkyl halides is 1. The van der Waals surface area contributed by atoms with Crippen LogP contribution in [0, 0.1) is 0 Å². The Hall–Kier alpha value is -2.41. The van der Waals surface area contributed by atoms with Gasteiger partial charge >= 0.3 is 0 Å². The minimum Gasteiger partial charge on any atom is -0.322 e. The van der Waals surface area contributed by atoms with E-state index in [0.29, 0.717) is 28.9 Å². The number of hydrogen-bond acceptors (Lipinski definition) is 3. The first-order valence-corrected chi connectivity index (χ1v) is 10.2. The van der Waals surface area contributed by atoms with E-state index in [4.69, 9.17) is 0 Å². The molecule has 0 radical (unpaired) electrons. The molecule has 0 aliphatic rings. The van der Waals surface area contributed by atoms with E-state index in [-0.39, 0.29) is 5.91 Å². The second-order valence-corrected chi connectivity index (χ2v) is 9.66. The second kappa shape index (κ2) is 8.08. The molecule has 2 aromatic rings. The van der Waals surface area contributed by atoms with Crippen molar-refractivity contribution in [2.75, 3.05) is 10.0 Å². The predicted octanol–water partition coefficient (Wildman–Crippen LogP) is 4.51. The minimum absolute atomic E-state index is 0.324. The number of benzene rings is 2. The third-order valence-corrected chi connectivity index (χ3v) is 6.31. The van der Waals surface area contributed by atoms with Crippen LogP contribution in [0.25, 0.3) is 0 Å². The Morgan fingerprint density at radius 1 is 1.00 bits per heavy atom. The maximum atomic E-state index is 12.9. The minimum atomic E-state index is -3.53. The van der Waals surface area contributed by atoms with Crippen LogP contribution in [-0.2, 0) is 23.1 Å². The van der Waals surface area contributed by atoms with Crippen molar-refractivity contribution in [3.8, 4) is 0 Å². The highest BCUT2D eigenvalue weighted by Crippen LogP contribution is 2.21. The third kappa shape index (κ3) is 5.07. The fourth-order valence-electron chi connectivity index (χ4n) is 2.36. The molecule has 0 aliphatic heterocycles. The van der Waals surface area contributed by atoms with E-state index in [1.807, 2.05) is 6.92 Å². The summed E-state index contributed by atoms with van der Waals surface area (Å²) >= 11 is 0. The highest BCUT2D eigenvalue weighted by molar-refractivity contribution is 7.94. The zero-order valence-corrected chi connectivity index (χ0v) is 16.8. The van der Waals surface area contributed by atoms with Crippen molar-refractivity contribution >= 4 is 27.3 Å². The summed E-state index contributed by atoms with van der Waals surface area (Å²) in [4.78, 5) is 12.4. The lowest BCUT2D eigenvalue weighted by atomic mass is 10.0. The Morgan fingerprint density at radius 3 is 2.11 bits per heavy atom. The van der Waals surface area contributed by atoms with Gasteiger partial charge in [0.15, 0.2) is 0 Å². The van der Waals surface area contributed by atoms with Crippen LogP contribution in [0.15, 0.2) is 42.5 Å². The van der Waals surface area contributed by atoms with Gasteiger partial charge < -0.3 is 5.32 Å². The van der Waals surface area contributed by atoms with Crippen LogP contribution in [0.1, 0.15) is 49.2 Å². The average Bonchev–Trinajstić information content (AvgIpc) is 2.60. The number of carbonyl (C=O) groups excluding carboxylic acids is 1. The largest absolute Gasteiger partial charge is 0.322 e. The molecule has 2 N–H and O–H groups in total. The summed E-state index contributed by atoms with van der Waals surface area (Å²) in [7, 11) is -3.53. The quantitative estimate of drug-likeness (QED) is 0.759. The van der Waals surface area contributed by atoms with E-state index >= 15 is 0 Å². The van der Waals surface area contributed by atoms with Crippen molar-refractivity contribution in [3.05, 3.63) is 59.2 Å². The van der Waals surface area contributed by atoms with Crippen molar-refractivity contribution in [1.29, 1.82) is 0 Å². The molecule has 5 nitrogen and oxygen atoms in total. The van der Waals surface area contributed by atoms with Crippen molar-refractivity contribution in [2.24, 2.45) is 0 Å². The Kier molecular flexibility index (Phi) is 6.26. The number of sulfonamides is 1. The Morgan fingerprint density at radius 2 is 1.59 bits per heavy atom. The highest BCUT2D eigenvalue weighted by Gasteiger charge is 2.28. The maximum absolute atomic E-state index is 12.9. The van der Waals surface area contributed by atoms with Gasteiger partial charge in [-0.25, -0.2) is 12.8 Å². The first-order valence-electron chi connectivity index (χ1n) is 8.69. The van der Waals surface area contributed by atoms with Crippen molar-refractivity contribution in [3.63, 3.8) is 0 Å². The lowest BCUT2D eigenvalue weighted by Crippen LogP contribution is -2.33. The average molecular weight is 392 g/mol. The van der Waals surface area contributed by atoms with Crippen molar-refractivity contribution in [2.45, 2.75) is 45.5 Å². The lowest BCUT2D eigenvalue weighted by molar-refractivity contribution is 0.102. The van der Waals surface area contributed by atoms with Gasteiger partial charge in [0.1, 0.15) is 6.67 Å². The normalized spacial score (nSPS) is 11.9. The molecule has 0 heterocycles. The van der Waals surface area contributed by atoms with Gasteiger partial charge in [-0.15, -0.1) is 0 Å². The van der Waals surface area contributed by atoms with E-state index in [9.17, 15) is 17.6 Å². The van der Waals surface area contributed by atoms with Gasteiger partial charge in [0.05, 0.1) is 4.75 Å². The zero-order chi connectivity index (χ0) is 20.2. The van der Waals surface area contributed by atoms with Crippen molar-refractivity contribution in [1.82, 2.24) is 0 Å². The maximum Gasteiger partial charge on any atom is 0.255 e. The van der Waals surface area contributed by atoms with Crippen LogP contribution in [0.4, 0.5) is 15.8 Å². The van der Waals surface area contributed by atoms with E-state index in [1.54, 1.807) is 63.2 Å². The SMILES string of the molecule is CCc1cc(NC(=O)c2ccc(NS(=O)(=O)C(C)(C)C)cc2)ccc1CF. The van der Waals surface area contributed by atoms with Crippen LogP contribution in [0.2, 0.25) is 0 Å². The molecular formula is C20H25FN2O3S. The first-order chi connectivity index (χ1) is 12.6. The number of amides is 1. The zero-order valence-electron chi connectivity index (χ0n) is 16.0. The molecule has 0 unspecified atom stereocenters. The van der Waals surface area contributed by atoms with Gasteiger partial charge in [0.25, 0.3) is 5.91 Å². The summed E-state index contributed by atoms with van der Waals surface area (Å²) in [6.07, 6.45) is 0.672. The van der Waals surface area contributed by atoms with Gasteiger partial charge in [-0.1, -0.05) is 13.0 Å². The van der Waals surface area contributed by atoms with Crippen LogP contribution >= 0.6 is 0 Å². The number of hydrogen-bond donors (Lipinski definition) is 2. The van der Waals surface area contributed by atoms with Crippen LogP contribution < -0.4 is 10.0 Å². The lowest BCUT2D eigenvalue weighted by Gasteiger charge is -2.20. The number of rotatable bonds is 6. The molecule has 0 atom stereocenters. The van der Waals surface area contributed by atoms with Gasteiger partial charge in [0.2, 0.25) is 10.0 Å². The molecule has 0 saturated carbocycles. The summed E-state index contributed by atoms with van der Waals surface area (Å²) < 4.78 is 38.8. The number of aryl methyl sites for hydroxylation is 1. The van der Waals surface area contributed by atoms with E-state index in [2.05, 4.69) is 10.0 Å². The third-order valence-electron chi connectivity index (χ3n) is 4.19. The molecule has 1 amide bonds. The Balaban J connectivity index is 2.12. The molecule has 0 aliphatic carbocycles. The molecule has 0 spiro atoms. The summed E-state index contributed by atoms with van der Waals surface area (Å²) in [5, 5.41) is 2.78. The molecule has 0 aromatic heterocycles. The number of halogens is 1. The molecular weight excluding hydrogens is 367 g/mol. The standard InChI is InChI=1S/C20H25FN2O3S/c1-5-14-12-18(11-8-16(14)13-21)22-19(24)15-6-9-17(10-7-15)23-27(25,26)20(2,3)4/h6-12,23H,5,13H2,1-4H3,(H,22,24). The monoisotopic (exact) mass is 392 g/mol. The summed E-state index contributed by atoms with van der Waals surface area (Å²) in [5.41, 5.74) is 2.84. The molecule has 0 saturated heterocycles. The second-order valence-electron chi connectivity index (χ2n) is 7.22. The molecule has 2 rings (SSSR count). The number of carbonyl (C=O) groups is 1. The van der Waals surface area contributed by atoms with Gasteiger partial charge in [0, 0.05) is 16.9 Å². The first kappa shape index (κ1) is 20.9. The fraction of sp³-hybridized carbons (Fsp3) is 0.350. The van der Waals surface area contributed by atoms with Gasteiger partial charge in [-0.05, 0) is 74.7 Å². The summed E-state index contributed by atoms with van der Waals surface area (Å²) in [6, 6.07) is 11.3. The summed E-state index contributed by atoms with van der Waals surface area (Å²) in [5.74, 6) is -0.324. The smallest absolute Gasteiger partial charge is 0.255 e. The molecule has 27 heavy (non-hydrogen) atoms. The van der Waals surface area contributed by atoms with Crippen LogP contribution in [0.5, 0.6) is 0 Å². The number of anilines is 2. The highest BCUT2D eigenvalue weighted by atomic mass is 32.2. The predicted molar refractivity (Wildman–Crippen MR) is 107 cm³/mol. The van der Waals surface area contributed by atoms with Gasteiger partial charge in [-0.2, -0.15) is 0 Å². The molecule has 7 heteroatoms. The molecule has 2 aromatic carbocycles. The van der Waals surface area contributed by atoms with Gasteiger partial charge in [-0.3, -0.25) is 9.52 Å². The Labute approximate surface area is 160 Å². The van der Waals surface area contributed by atoms with Crippen molar-refractivity contribution < 1.29 is 17.6 Å². The topological polar surface area (TPSA) is 75.3 Å². The Bertz CT molecular complexity index is 917. The fourth-order valence-corrected chi connectivity index (χ4v) is 3.12. The summed E-state index contributed by atoms with van der Waals surface area (Å²) in [6.45, 7) is 6.21. The van der Waals surface area contributed by atoms with E-state index in [0.717, 1.165) is 5.56 Å². The molecule has 146 valence electrons. The van der Waals surface area contributed by atoms with E-state index in [1.165, 1.54) is 0 Å². The van der Waals surface area contributed by atoms with Crippen LogP contribution in [-0.4, -0.2) is 19.1 Å². The molecule has 0 bridgehead atoms. The molecule has 0 fully saturated rings. The van der Waals surface area contributed by atoms with E-state index < -0.39 is 21.4 Å². The number of nitrogens with one attached hydrogen (secondary N) is 2. The van der Waals surface area contributed by atoms with Crippen LogP contribution in [0.3, 0.4) is 0 Å².